The van der Waals surface area contributed by atoms with E-state index in [9.17, 15) is 4.79 Å². The van der Waals surface area contributed by atoms with Crippen molar-refractivity contribution in [3.63, 3.8) is 0 Å². The van der Waals surface area contributed by atoms with Crippen LogP contribution in [0.25, 0.3) is 0 Å². The molecule has 0 radical (unpaired) electrons. The van der Waals surface area contributed by atoms with Gasteiger partial charge in [0.25, 0.3) is 0 Å². The van der Waals surface area contributed by atoms with Crippen LogP contribution in [0.5, 0.6) is 0 Å². The van der Waals surface area contributed by atoms with Crippen molar-refractivity contribution in [1.82, 2.24) is 4.90 Å². The van der Waals surface area contributed by atoms with Gasteiger partial charge in [0.05, 0.1) is 0 Å². The number of carbonyl (C=O) groups excluding carboxylic acids is 1. The molecule has 19 heavy (non-hydrogen) atoms. The highest BCUT2D eigenvalue weighted by atomic mass is 35.5. The maximum atomic E-state index is 11.8. The summed E-state index contributed by atoms with van der Waals surface area (Å²) in [6.45, 7) is 5.21. The molecule has 3 nitrogen and oxygen atoms in total. The summed E-state index contributed by atoms with van der Waals surface area (Å²) in [5.74, 6) is 0.256. The smallest absolute Gasteiger partial charge is 0.222 e. The number of hydrogen-bond donors (Lipinski definition) is 0. The number of benzene rings is 1. The first-order valence-corrected chi connectivity index (χ1v) is 7.34. The van der Waals surface area contributed by atoms with Crippen LogP contribution in [0.15, 0.2) is 18.2 Å². The van der Waals surface area contributed by atoms with Crippen molar-refractivity contribution in [3.8, 4) is 0 Å². The molecule has 0 bridgehead atoms. The van der Waals surface area contributed by atoms with Gasteiger partial charge in [0, 0.05) is 48.3 Å². The van der Waals surface area contributed by atoms with E-state index in [0.29, 0.717) is 16.5 Å². The first-order valence-electron chi connectivity index (χ1n) is 6.59. The van der Waals surface area contributed by atoms with Crippen LogP contribution in [0.2, 0.25) is 10.0 Å². The van der Waals surface area contributed by atoms with Crippen molar-refractivity contribution >= 4 is 34.8 Å². The lowest BCUT2D eigenvalue weighted by atomic mass is 10.2. The van der Waals surface area contributed by atoms with Crippen LogP contribution in [-0.2, 0) is 4.79 Å². The second-order valence-electron chi connectivity index (χ2n) is 4.75. The predicted octanol–water partition coefficient (Wildman–Crippen LogP) is 3.44. The second-order valence-corrected chi connectivity index (χ2v) is 5.62. The lowest BCUT2D eigenvalue weighted by molar-refractivity contribution is -0.131. The Morgan fingerprint density at radius 1 is 1.11 bits per heavy atom. The van der Waals surface area contributed by atoms with E-state index >= 15 is 0 Å². The second kappa shape index (κ2) is 6.49. The quantitative estimate of drug-likeness (QED) is 0.854. The van der Waals surface area contributed by atoms with Crippen LogP contribution in [-0.4, -0.2) is 37.0 Å². The number of nitrogens with zero attached hydrogens (tertiary/aromatic N) is 2. The van der Waals surface area contributed by atoms with Crippen molar-refractivity contribution in [1.29, 1.82) is 0 Å². The maximum absolute atomic E-state index is 11.8. The fourth-order valence-corrected chi connectivity index (χ4v) is 2.82. The van der Waals surface area contributed by atoms with Crippen LogP contribution in [0.1, 0.15) is 19.8 Å². The normalized spacial score (nSPS) is 15.7. The Labute approximate surface area is 124 Å². The fourth-order valence-electron chi connectivity index (χ4n) is 2.31. The average Bonchev–Trinajstić information content (AvgIpc) is 2.38. The molecule has 1 saturated heterocycles. The number of hydrogen-bond acceptors (Lipinski definition) is 2. The molecule has 0 N–H and O–H groups in total. The summed E-state index contributed by atoms with van der Waals surface area (Å²) in [5, 5.41) is 1.29. The lowest BCUT2D eigenvalue weighted by Crippen LogP contribution is -2.48. The van der Waals surface area contributed by atoms with E-state index < -0.39 is 0 Å². The molecule has 1 aromatic rings. The maximum Gasteiger partial charge on any atom is 0.222 e. The van der Waals surface area contributed by atoms with Gasteiger partial charge in [-0.1, -0.05) is 30.1 Å². The molecular weight excluding hydrogens is 283 g/mol. The third kappa shape index (κ3) is 3.77. The lowest BCUT2D eigenvalue weighted by Gasteiger charge is -2.36. The van der Waals surface area contributed by atoms with Gasteiger partial charge < -0.3 is 9.80 Å². The molecule has 5 heteroatoms. The molecule has 1 heterocycles. The molecule has 0 aromatic heterocycles. The highest BCUT2D eigenvalue weighted by Crippen LogP contribution is 2.26. The van der Waals surface area contributed by atoms with Crippen LogP contribution < -0.4 is 4.90 Å². The minimum Gasteiger partial charge on any atom is -0.368 e. The van der Waals surface area contributed by atoms with E-state index in [4.69, 9.17) is 23.2 Å². The predicted molar refractivity (Wildman–Crippen MR) is 80.2 cm³/mol. The fraction of sp³-hybridized carbons (Fsp3) is 0.500. The molecule has 1 aliphatic heterocycles. The third-order valence-corrected chi connectivity index (χ3v) is 3.75. The van der Waals surface area contributed by atoms with Crippen molar-refractivity contribution < 1.29 is 4.79 Å². The zero-order valence-electron chi connectivity index (χ0n) is 11.0. The Morgan fingerprint density at radius 3 is 2.21 bits per heavy atom. The number of rotatable bonds is 3. The van der Waals surface area contributed by atoms with Gasteiger partial charge in [-0.15, -0.1) is 0 Å². The van der Waals surface area contributed by atoms with Gasteiger partial charge in [0.1, 0.15) is 0 Å². The van der Waals surface area contributed by atoms with Gasteiger partial charge in [-0.2, -0.15) is 0 Å². The Kier molecular flexibility index (Phi) is 4.94. The van der Waals surface area contributed by atoms with E-state index in [1.165, 1.54) is 0 Å². The molecule has 1 amide bonds. The summed E-state index contributed by atoms with van der Waals surface area (Å²) < 4.78 is 0. The first kappa shape index (κ1) is 14.5. The molecule has 1 aromatic carbocycles. The Balaban J connectivity index is 1.97. The molecule has 1 fully saturated rings. The summed E-state index contributed by atoms with van der Waals surface area (Å²) in [4.78, 5) is 16.0. The van der Waals surface area contributed by atoms with E-state index in [2.05, 4.69) is 4.90 Å². The zero-order valence-corrected chi connectivity index (χ0v) is 12.5. The molecule has 0 unspecified atom stereocenters. The van der Waals surface area contributed by atoms with E-state index in [1.54, 1.807) is 6.07 Å². The van der Waals surface area contributed by atoms with Crippen LogP contribution in [0, 0.1) is 0 Å². The van der Waals surface area contributed by atoms with E-state index in [-0.39, 0.29) is 5.91 Å². The molecule has 2 rings (SSSR count). The van der Waals surface area contributed by atoms with Gasteiger partial charge in [-0.25, -0.2) is 0 Å². The number of piperazine rings is 1. The first-order chi connectivity index (χ1) is 9.10. The third-order valence-electron chi connectivity index (χ3n) is 3.31. The number of amides is 1. The summed E-state index contributed by atoms with van der Waals surface area (Å²) in [7, 11) is 0. The Hall–Kier alpha value is -0.930. The van der Waals surface area contributed by atoms with Gasteiger partial charge in [0.2, 0.25) is 5.91 Å². The highest BCUT2D eigenvalue weighted by molar-refractivity contribution is 6.35. The standard InChI is InChI=1S/C14H18Cl2N2O/c1-2-3-14(19)18-6-4-17(5-7-18)13-9-11(15)8-12(16)10-13/h8-10H,2-7H2,1H3. The van der Waals surface area contributed by atoms with Gasteiger partial charge in [-0.3, -0.25) is 4.79 Å². The minimum absolute atomic E-state index is 0.256. The van der Waals surface area contributed by atoms with Crippen molar-refractivity contribution in [2.24, 2.45) is 0 Å². The summed E-state index contributed by atoms with van der Waals surface area (Å²) in [5.41, 5.74) is 1.03. The van der Waals surface area contributed by atoms with Crippen molar-refractivity contribution in [2.75, 3.05) is 31.1 Å². The molecule has 1 aliphatic rings. The van der Waals surface area contributed by atoms with Crippen molar-refractivity contribution in [2.45, 2.75) is 19.8 Å². The van der Waals surface area contributed by atoms with Crippen molar-refractivity contribution in [3.05, 3.63) is 28.2 Å². The summed E-state index contributed by atoms with van der Waals surface area (Å²) in [6, 6.07) is 5.56. The molecular formula is C14H18Cl2N2O. The molecule has 0 atom stereocenters. The molecule has 0 saturated carbocycles. The molecule has 0 aliphatic carbocycles. The van der Waals surface area contributed by atoms with E-state index in [1.807, 2.05) is 24.0 Å². The van der Waals surface area contributed by atoms with Crippen LogP contribution in [0.4, 0.5) is 5.69 Å². The monoisotopic (exact) mass is 300 g/mol. The average molecular weight is 301 g/mol. The summed E-state index contributed by atoms with van der Waals surface area (Å²) in [6.07, 6.45) is 1.55. The largest absolute Gasteiger partial charge is 0.368 e. The van der Waals surface area contributed by atoms with E-state index in [0.717, 1.165) is 38.3 Å². The molecule has 0 spiro atoms. The van der Waals surface area contributed by atoms with Gasteiger partial charge >= 0.3 is 0 Å². The number of carbonyl (C=O) groups is 1. The van der Waals surface area contributed by atoms with Crippen LogP contribution in [0.3, 0.4) is 0 Å². The van der Waals surface area contributed by atoms with Gasteiger partial charge in [0.15, 0.2) is 0 Å². The molecule has 104 valence electrons. The topological polar surface area (TPSA) is 23.6 Å². The minimum atomic E-state index is 0.256. The zero-order chi connectivity index (χ0) is 13.8. The number of anilines is 1. The van der Waals surface area contributed by atoms with Crippen LogP contribution >= 0.6 is 23.2 Å². The SMILES string of the molecule is CCCC(=O)N1CCN(c2cc(Cl)cc(Cl)c2)CC1. The highest BCUT2D eigenvalue weighted by Gasteiger charge is 2.20. The number of halogens is 2. The Bertz CT molecular complexity index is 437. The van der Waals surface area contributed by atoms with Gasteiger partial charge in [-0.05, 0) is 24.6 Å². The summed E-state index contributed by atoms with van der Waals surface area (Å²) >= 11 is 12.0. The Morgan fingerprint density at radius 2 is 1.68 bits per heavy atom.